The highest BCUT2D eigenvalue weighted by Crippen LogP contribution is 2.19. The van der Waals surface area contributed by atoms with Crippen LogP contribution in [-0.2, 0) is 6.42 Å². The second kappa shape index (κ2) is 7.30. The molecule has 96 valence electrons. The Labute approximate surface area is 103 Å². The number of hydrogen-bond donors (Lipinski definition) is 2. The Bertz CT molecular complexity index is 336. The molecule has 0 saturated heterocycles. The van der Waals surface area contributed by atoms with E-state index in [0.29, 0.717) is 0 Å². The molecule has 1 unspecified atom stereocenters. The van der Waals surface area contributed by atoms with Crippen molar-refractivity contribution in [3.63, 3.8) is 0 Å². The van der Waals surface area contributed by atoms with E-state index in [2.05, 4.69) is 13.8 Å². The van der Waals surface area contributed by atoms with Gasteiger partial charge in [0.05, 0.1) is 6.61 Å². The SMILES string of the molecule is CCCCc1cc(OCC(O)CO)ccc1C. The molecule has 0 aliphatic heterocycles. The lowest BCUT2D eigenvalue weighted by Crippen LogP contribution is -2.21. The van der Waals surface area contributed by atoms with Gasteiger partial charge < -0.3 is 14.9 Å². The molecule has 17 heavy (non-hydrogen) atoms. The molecule has 1 rings (SSSR count). The van der Waals surface area contributed by atoms with Gasteiger partial charge in [0, 0.05) is 0 Å². The summed E-state index contributed by atoms with van der Waals surface area (Å²) in [7, 11) is 0. The Morgan fingerprint density at radius 1 is 1.35 bits per heavy atom. The molecular weight excluding hydrogens is 216 g/mol. The monoisotopic (exact) mass is 238 g/mol. The quantitative estimate of drug-likeness (QED) is 0.764. The molecule has 1 aromatic carbocycles. The van der Waals surface area contributed by atoms with Gasteiger partial charge in [-0.25, -0.2) is 0 Å². The van der Waals surface area contributed by atoms with Crippen molar-refractivity contribution in [3.8, 4) is 5.75 Å². The highest BCUT2D eigenvalue weighted by molar-refractivity contribution is 5.35. The third kappa shape index (κ3) is 4.75. The average Bonchev–Trinajstić information content (AvgIpc) is 2.35. The fourth-order valence-electron chi connectivity index (χ4n) is 1.62. The van der Waals surface area contributed by atoms with E-state index < -0.39 is 6.10 Å². The third-order valence-electron chi connectivity index (χ3n) is 2.77. The Morgan fingerprint density at radius 2 is 2.12 bits per heavy atom. The van der Waals surface area contributed by atoms with Crippen LogP contribution in [0.1, 0.15) is 30.9 Å². The minimum absolute atomic E-state index is 0.132. The second-order valence-corrected chi connectivity index (χ2v) is 4.34. The molecule has 3 nitrogen and oxygen atoms in total. The van der Waals surface area contributed by atoms with E-state index in [9.17, 15) is 5.11 Å². The lowest BCUT2D eigenvalue weighted by molar-refractivity contribution is 0.0536. The maximum atomic E-state index is 9.21. The van der Waals surface area contributed by atoms with E-state index in [1.807, 2.05) is 18.2 Å². The van der Waals surface area contributed by atoms with Gasteiger partial charge in [-0.2, -0.15) is 0 Å². The Hall–Kier alpha value is -1.06. The highest BCUT2D eigenvalue weighted by atomic mass is 16.5. The summed E-state index contributed by atoms with van der Waals surface area (Å²) in [4.78, 5) is 0. The average molecular weight is 238 g/mol. The number of ether oxygens (including phenoxy) is 1. The molecular formula is C14H22O3. The molecule has 0 spiro atoms. The number of aryl methyl sites for hydroxylation is 2. The fraction of sp³-hybridized carbons (Fsp3) is 0.571. The number of rotatable bonds is 7. The van der Waals surface area contributed by atoms with Crippen molar-refractivity contribution in [1.29, 1.82) is 0 Å². The fourth-order valence-corrected chi connectivity index (χ4v) is 1.62. The molecule has 3 heteroatoms. The Balaban J connectivity index is 2.61. The summed E-state index contributed by atoms with van der Waals surface area (Å²) in [5.74, 6) is 0.759. The molecule has 0 heterocycles. The van der Waals surface area contributed by atoms with Crippen LogP contribution in [-0.4, -0.2) is 29.5 Å². The van der Waals surface area contributed by atoms with Gasteiger partial charge in [-0.05, 0) is 43.0 Å². The van der Waals surface area contributed by atoms with Gasteiger partial charge in [0.15, 0.2) is 0 Å². The number of aliphatic hydroxyl groups excluding tert-OH is 2. The lowest BCUT2D eigenvalue weighted by Gasteiger charge is -2.12. The topological polar surface area (TPSA) is 49.7 Å². The van der Waals surface area contributed by atoms with Crippen molar-refractivity contribution in [3.05, 3.63) is 29.3 Å². The van der Waals surface area contributed by atoms with E-state index in [4.69, 9.17) is 9.84 Å². The van der Waals surface area contributed by atoms with Gasteiger partial charge in [0.25, 0.3) is 0 Å². The zero-order valence-electron chi connectivity index (χ0n) is 10.6. The number of unbranched alkanes of at least 4 members (excludes halogenated alkanes) is 1. The van der Waals surface area contributed by atoms with E-state index in [1.54, 1.807) is 0 Å². The highest BCUT2D eigenvalue weighted by Gasteiger charge is 2.05. The van der Waals surface area contributed by atoms with Crippen LogP contribution in [0.5, 0.6) is 5.75 Å². The smallest absolute Gasteiger partial charge is 0.119 e. The standard InChI is InChI=1S/C14H22O3/c1-3-4-5-12-8-14(7-6-11(12)2)17-10-13(16)9-15/h6-8,13,15-16H,3-5,9-10H2,1-2H3. The molecule has 0 radical (unpaired) electrons. The van der Waals surface area contributed by atoms with Gasteiger partial charge in [0.2, 0.25) is 0 Å². The molecule has 0 aliphatic carbocycles. The predicted molar refractivity (Wildman–Crippen MR) is 68.4 cm³/mol. The van der Waals surface area contributed by atoms with Crippen LogP contribution in [0.4, 0.5) is 0 Å². The molecule has 1 atom stereocenters. The first-order chi connectivity index (χ1) is 8.17. The van der Waals surface area contributed by atoms with Crippen LogP contribution in [0.2, 0.25) is 0 Å². The number of hydrogen-bond acceptors (Lipinski definition) is 3. The van der Waals surface area contributed by atoms with E-state index in [0.717, 1.165) is 12.2 Å². The first kappa shape index (κ1) is 14.0. The lowest BCUT2D eigenvalue weighted by atomic mass is 10.0. The van der Waals surface area contributed by atoms with Gasteiger partial charge in [-0.1, -0.05) is 19.4 Å². The molecule has 0 bridgehead atoms. The second-order valence-electron chi connectivity index (χ2n) is 4.34. The van der Waals surface area contributed by atoms with Crippen molar-refractivity contribution in [2.24, 2.45) is 0 Å². The summed E-state index contributed by atoms with van der Waals surface area (Å²) < 4.78 is 5.42. The molecule has 0 aliphatic rings. The summed E-state index contributed by atoms with van der Waals surface area (Å²) in [5.41, 5.74) is 2.57. The zero-order valence-corrected chi connectivity index (χ0v) is 10.6. The molecule has 0 fully saturated rings. The Morgan fingerprint density at radius 3 is 2.76 bits per heavy atom. The van der Waals surface area contributed by atoms with Crippen LogP contribution in [0.3, 0.4) is 0 Å². The summed E-state index contributed by atoms with van der Waals surface area (Å²) in [6.07, 6.45) is 2.59. The summed E-state index contributed by atoms with van der Waals surface area (Å²) in [6, 6.07) is 5.95. The summed E-state index contributed by atoms with van der Waals surface area (Å²) in [5, 5.41) is 17.9. The molecule has 1 aromatic rings. The minimum Gasteiger partial charge on any atom is -0.491 e. The van der Waals surface area contributed by atoms with Crippen molar-refractivity contribution in [1.82, 2.24) is 0 Å². The zero-order chi connectivity index (χ0) is 12.7. The summed E-state index contributed by atoms with van der Waals surface area (Å²) in [6.45, 7) is 4.13. The molecule has 0 saturated carbocycles. The van der Waals surface area contributed by atoms with Crippen molar-refractivity contribution in [2.45, 2.75) is 39.2 Å². The first-order valence-electron chi connectivity index (χ1n) is 6.18. The van der Waals surface area contributed by atoms with Crippen molar-refractivity contribution in [2.75, 3.05) is 13.2 Å². The third-order valence-corrected chi connectivity index (χ3v) is 2.77. The van der Waals surface area contributed by atoms with Crippen LogP contribution in [0.25, 0.3) is 0 Å². The predicted octanol–water partition coefficient (Wildman–Crippen LogP) is 2.07. The maximum Gasteiger partial charge on any atom is 0.119 e. The van der Waals surface area contributed by atoms with Crippen LogP contribution < -0.4 is 4.74 Å². The van der Waals surface area contributed by atoms with Crippen LogP contribution in [0, 0.1) is 6.92 Å². The first-order valence-corrected chi connectivity index (χ1v) is 6.18. The maximum absolute atomic E-state index is 9.21. The normalized spacial score (nSPS) is 12.5. The number of benzene rings is 1. The van der Waals surface area contributed by atoms with Crippen LogP contribution in [0.15, 0.2) is 18.2 Å². The van der Waals surface area contributed by atoms with Gasteiger partial charge >= 0.3 is 0 Å². The van der Waals surface area contributed by atoms with Gasteiger partial charge in [-0.15, -0.1) is 0 Å². The van der Waals surface area contributed by atoms with Crippen LogP contribution >= 0.6 is 0 Å². The van der Waals surface area contributed by atoms with Crippen molar-refractivity contribution < 1.29 is 14.9 Å². The van der Waals surface area contributed by atoms with Gasteiger partial charge in [-0.3, -0.25) is 0 Å². The molecule has 0 aromatic heterocycles. The van der Waals surface area contributed by atoms with E-state index in [-0.39, 0.29) is 13.2 Å². The largest absolute Gasteiger partial charge is 0.491 e. The minimum atomic E-state index is -0.810. The number of aliphatic hydroxyl groups is 2. The van der Waals surface area contributed by atoms with E-state index >= 15 is 0 Å². The molecule has 0 amide bonds. The van der Waals surface area contributed by atoms with Gasteiger partial charge in [0.1, 0.15) is 18.5 Å². The summed E-state index contributed by atoms with van der Waals surface area (Å²) >= 11 is 0. The van der Waals surface area contributed by atoms with E-state index in [1.165, 1.54) is 24.0 Å². The molecule has 2 N–H and O–H groups in total. The van der Waals surface area contributed by atoms with Crippen molar-refractivity contribution >= 4 is 0 Å². The Kier molecular flexibility index (Phi) is 6.01.